The minimum atomic E-state index is -2.93. The molecule has 9 heteroatoms. The number of benzene rings is 2. The zero-order valence-electron chi connectivity index (χ0n) is 18.5. The topological polar surface area (TPSA) is 63.3 Å². The van der Waals surface area contributed by atoms with E-state index in [4.69, 9.17) is 9.47 Å². The molecule has 3 rings (SSSR count). The van der Waals surface area contributed by atoms with E-state index in [0.717, 1.165) is 43.2 Å². The van der Waals surface area contributed by atoms with Gasteiger partial charge in [-0.15, -0.1) is 0 Å². The third-order valence-electron chi connectivity index (χ3n) is 5.43. The molecule has 2 aromatic carbocycles. The number of hydrogen-bond acceptors (Lipinski definition) is 6. The van der Waals surface area contributed by atoms with Gasteiger partial charge in [0.15, 0.2) is 11.5 Å². The number of nitrogens with one attached hydrogen (secondary N) is 1. The zero-order chi connectivity index (χ0) is 23.1. The van der Waals surface area contributed by atoms with Gasteiger partial charge in [0.25, 0.3) is 0 Å². The van der Waals surface area contributed by atoms with Crippen LogP contribution in [-0.4, -0.2) is 63.9 Å². The van der Waals surface area contributed by atoms with Crippen molar-refractivity contribution in [2.45, 2.75) is 26.1 Å². The normalized spacial score (nSPS) is 15.0. The number of alkyl halides is 2. The average Bonchev–Trinajstić information content (AvgIpc) is 2.80. The molecular formula is C23H29F2N3O4. The van der Waals surface area contributed by atoms with Gasteiger partial charge in [-0.1, -0.05) is 6.07 Å². The third-order valence-corrected chi connectivity index (χ3v) is 5.43. The molecule has 0 bridgehead atoms. The summed E-state index contributed by atoms with van der Waals surface area (Å²) < 4.78 is 40.0. The van der Waals surface area contributed by atoms with Crippen LogP contribution in [0.1, 0.15) is 12.5 Å². The molecule has 2 aromatic rings. The number of anilines is 2. The molecule has 0 radical (unpaired) electrons. The number of methoxy groups -OCH3 is 1. The molecule has 1 unspecified atom stereocenters. The molecule has 174 valence electrons. The molecule has 1 N–H and O–H groups in total. The van der Waals surface area contributed by atoms with Gasteiger partial charge in [-0.2, -0.15) is 8.78 Å². The summed E-state index contributed by atoms with van der Waals surface area (Å²) in [5, 5.41) is 2.94. The van der Waals surface area contributed by atoms with Gasteiger partial charge in [0.05, 0.1) is 26.4 Å². The summed E-state index contributed by atoms with van der Waals surface area (Å²) in [5.41, 5.74) is 2.63. The number of carbonyl (C=O) groups is 1. The minimum Gasteiger partial charge on any atom is -0.493 e. The van der Waals surface area contributed by atoms with Crippen LogP contribution in [0, 0.1) is 0 Å². The lowest BCUT2D eigenvalue weighted by molar-refractivity contribution is -0.120. The Bertz CT molecular complexity index is 889. The van der Waals surface area contributed by atoms with E-state index in [0.29, 0.717) is 6.54 Å². The number of nitrogens with zero attached hydrogens (tertiary/aromatic N) is 2. The minimum absolute atomic E-state index is 0.0276. The van der Waals surface area contributed by atoms with E-state index >= 15 is 0 Å². The van der Waals surface area contributed by atoms with Crippen molar-refractivity contribution < 1.29 is 27.8 Å². The van der Waals surface area contributed by atoms with E-state index in [2.05, 4.69) is 15.0 Å². The predicted molar refractivity (Wildman–Crippen MR) is 119 cm³/mol. The third kappa shape index (κ3) is 6.30. The molecule has 1 amide bonds. The van der Waals surface area contributed by atoms with Crippen molar-refractivity contribution in [3.8, 4) is 11.5 Å². The Balaban J connectivity index is 1.57. The van der Waals surface area contributed by atoms with Crippen molar-refractivity contribution in [2.24, 2.45) is 0 Å². The number of ether oxygens (including phenoxy) is 3. The molecule has 32 heavy (non-hydrogen) atoms. The molecule has 1 saturated heterocycles. The van der Waals surface area contributed by atoms with Crippen LogP contribution in [0.15, 0.2) is 42.5 Å². The van der Waals surface area contributed by atoms with E-state index in [-0.39, 0.29) is 17.4 Å². The zero-order valence-corrected chi connectivity index (χ0v) is 18.5. The van der Waals surface area contributed by atoms with Crippen molar-refractivity contribution >= 4 is 17.3 Å². The van der Waals surface area contributed by atoms with Gasteiger partial charge < -0.3 is 24.4 Å². The number of carbonyl (C=O) groups excluding carboxylic acids is 1. The molecule has 0 saturated carbocycles. The Morgan fingerprint density at radius 1 is 1.16 bits per heavy atom. The number of hydrogen-bond donors (Lipinski definition) is 1. The van der Waals surface area contributed by atoms with Gasteiger partial charge >= 0.3 is 6.61 Å². The first-order valence-corrected chi connectivity index (χ1v) is 10.4. The summed E-state index contributed by atoms with van der Waals surface area (Å²) in [6.45, 7) is 2.45. The van der Waals surface area contributed by atoms with E-state index in [1.54, 1.807) is 12.1 Å². The van der Waals surface area contributed by atoms with E-state index in [1.807, 2.05) is 43.1 Å². The highest BCUT2D eigenvalue weighted by Crippen LogP contribution is 2.30. The molecule has 1 atom stereocenters. The van der Waals surface area contributed by atoms with Gasteiger partial charge in [0, 0.05) is 31.0 Å². The first kappa shape index (κ1) is 23.7. The summed E-state index contributed by atoms with van der Waals surface area (Å²) in [7, 11) is 3.21. The number of likely N-dealkylation sites (N-methyl/N-ethyl adjacent to an activating group) is 1. The van der Waals surface area contributed by atoms with E-state index < -0.39 is 12.7 Å². The van der Waals surface area contributed by atoms with Crippen LogP contribution in [0.5, 0.6) is 11.5 Å². The summed E-state index contributed by atoms with van der Waals surface area (Å²) >= 11 is 0. The van der Waals surface area contributed by atoms with Gasteiger partial charge in [-0.3, -0.25) is 9.69 Å². The monoisotopic (exact) mass is 449 g/mol. The van der Waals surface area contributed by atoms with Gasteiger partial charge in [-0.05, 0) is 55.9 Å². The Morgan fingerprint density at radius 2 is 1.84 bits per heavy atom. The second-order valence-electron chi connectivity index (χ2n) is 7.59. The van der Waals surface area contributed by atoms with Crippen LogP contribution >= 0.6 is 0 Å². The van der Waals surface area contributed by atoms with Gasteiger partial charge in [0.2, 0.25) is 5.91 Å². The first-order chi connectivity index (χ1) is 15.4. The van der Waals surface area contributed by atoms with E-state index in [1.165, 1.54) is 13.2 Å². The fraction of sp³-hybridized carbons (Fsp3) is 0.435. The molecule has 0 spiro atoms. The van der Waals surface area contributed by atoms with Crippen molar-refractivity contribution in [1.82, 2.24) is 4.90 Å². The Hall–Kier alpha value is -2.91. The summed E-state index contributed by atoms with van der Waals surface area (Å²) in [4.78, 5) is 16.8. The summed E-state index contributed by atoms with van der Waals surface area (Å²) in [6.07, 6.45) is 0. The van der Waals surface area contributed by atoms with Crippen LogP contribution in [0.4, 0.5) is 20.2 Å². The Labute approximate surface area is 186 Å². The smallest absolute Gasteiger partial charge is 0.387 e. The summed E-state index contributed by atoms with van der Waals surface area (Å²) in [5.74, 6) is 0.0464. The fourth-order valence-electron chi connectivity index (χ4n) is 3.45. The second kappa shape index (κ2) is 11.1. The quantitative estimate of drug-likeness (QED) is 0.631. The van der Waals surface area contributed by atoms with Crippen LogP contribution < -0.4 is 19.7 Å². The van der Waals surface area contributed by atoms with Crippen LogP contribution in [0.2, 0.25) is 0 Å². The van der Waals surface area contributed by atoms with Gasteiger partial charge in [0.1, 0.15) is 0 Å². The molecule has 1 aliphatic heterocycles. The van der Waals surface area contributed by atoms with Crippen LogP contribution in [-0.2, 0) is 16.1 Å². The fourth-order valence-corrected chi connectivity index (χ4v) is 3.45. The molecule has 1 heterocycles. The van der Waals surface area contributed by atoms with Crippen LogP contribution in [0.25, 0.3) is 0 Å². The van der Waals surface area contributed by atoms with Crippen LogP contribution in [0.3, 0.4) is 0 Å². The highest BCUT2D eigenvalue weighted by atomic mass is 19.3. The molecule has 7 nitrogen and oxygen atoms in total. The molecule has 1 aliphatic rings. The predicted octanol–water partition coefficient (Wildman–Crippen LogP) is 3.59. The van der Waals surface area contributed by atoms with Crippen molar-refractivity contribution in [2.75, 3.05) is 50.7 Å². The van der Waals surface area contributed by atoms with Crippen molar-refractivity contribution in [3.05, 3.63) is 48.0 Å². The Morgan fingerprint density at radius 3 is 2.47 bits per heavy atom. The lowest BCUT2D eigenvalue weighted by Gasteiger charge is -2.29. The molecular weight excluding hydrogens is 420 g/mol. The molecule has 0 aliphatic carbocycles. The molecule has 1 fully saturated rings. The average molecular weight is 449 g/mol. The first-order valence-electron chi connectivity index (χ1n) is 10.4. The van der Waals surface area contributed by atoms with Crippen molar-refractivity contribution in [3.63, 3.8) is 0 Å². The maximum absolute atomic E-state index is 12.7. The number of morpholine rings is 1. The standard InChI is InChI=1S/C23H29F2N3O4/c1-16(27(2)15-17-4-9-20(32-23(24)25)21(14-17)30-3)22(29)26-18-5-7-19(8-6-18)28-10-12-31-13-11-28/h4-9,14,16,23H,10-13,15H2,1-3H3,(H,26,29). The highest BCUT2D eigenvalue weighted by Gasteiger charge is 2.20. The largest absolute Gasteiger partial charge is 0.493 e. The highest BCUT2D eigenvalue weighted by molar-refractivity contribution is 5.94. The number of amides is 1. The van der Waals surface area contributed by atoms with Gasteiger partial charge in [-0.25, -0.2) is 0 Å². The lowest BCUT2D eigenvalue weighted by atomic mass is 10.1. The number of rotatable bonds is 9. The molecule has 0 aromatic heterocycles. The summed E-state index contributed by atoms with van der Waals surface area (Å²) in [6, 6.07) is 12.1. The maximum Gasteiger partial charge on any atom is 0.387 e. The SMILES string of the molecule is COc1cc(CN(C)C(C)C(=O)Nc2ccc(N3CCOCC3)cc2)ccc1OC(F)F. The lowest BCUT2D eigenvalue weighted by Crippen LogP contribution is -2.39. The van der Waals surface area contributed by atoms with Crippen molar-refractivity contribution in [1.29, 1.82) is 0 Å². The maximum atomic E-state index is 12.7. The second-order valence-corrected chi connectivity index (χ2v) is 7.59. The number of halogens is 2. The van der Waals surface area contributed by atoms with E-state index in [9.17, 15) is 13.6 Å². The Kier molecular flexibility index (Phi) is 8.24.